The Morgan fingerprint density at radius 1 is 1.19 bits per heavy atom. The Kier molecular flexibility index (Phi) is 5.06. The summed E-state index contributed by atoms with van der Waals surface area (Å²) < 4.78 is 10.8. The van der Waals surface area contributed by atoms with Crippen LogP contribution in [-0.2, 0) is 4.79 Å². The quantitative estimate of drug-likeness (QED) is 0.915. The van der Waals surface area contributed by atoms with E-state index in [0.29, 0.717) is 22.2 Å². The van der Waals surface area contributed by atoms with Crippen LogP contribution in [-0.4, -0.2) is 19.1 Å². The van der Waals surface area contributed by atoms with E-state index >= 15 is 0 Å². The van der Waals surface area contributed by atoms with Crippen molar-refractivity contribution in [3.63, 3.8) is 0 Å². The molecule has 5 heteroatoms. The maximum absolute atomic E-state index is 12.2. The van der Waals surface area contributed by atoms with E-state index in [-0.39, 0.29) is 5.91 Å². The molecule has 0 fully saturated rings. The van der Waals surface area contributed by atoms with Gasteiger partial charge in [0.2, 0.25) is 0 Å². The van der Waals surface area contributed by atoms with Crippen LogP contribution in [0.4, 0.5) is 5.69 Å². The van der Waals surface area contributed by atoms with Crippen molar-refractivity contribution in [3.05, 3.63) is 53.6 Å². The van der Waals surface area contributed by atoms with Crippen LogP contribution < -0.4 is 14.8 Å². The van der Waals surface area contributed by atoms with Crippen LogP contribution in [0.1, 0.15) is 6.92 Å². The Bertz CT molecular complexity index is 616. The SMILES string of the molecule is COc1ccc(Cl)cc1NC(=O)[C@@H](C)Oc1ccccc1. The molecule has 2 rings (SSSR count). The van der Waals surface area contributed by atoms with Crippen molar-refractivity contribution in [1.29, 1.82) is 0 Å². The first kappa shape index (κ1) is 15.2. The van der Waals surface area contributed by atoms with Crippen molar-refractivity contribution in [2.24, 2.45) is 0 Å². The van der Waals surface area contributed by atoms with Gasteiger partial charge in [0.05, 0.1) is 12.8 Å². The molecule has 0 saturated carbocycles. The molecule has 0 aliphatic rings. The zero-order valence-corrected chi connectivity index (χ0v) is 12.6. The third-order valence-electron chi connectivity index (χ3n) is 2.84. The molecule has 0 aromatic heterocycles. The Hall–Kier alpha value is -2.20. The second-order valence-electron chi connectivity index (χ2n) is 4.41. The molecule has 2 aromatic rings. The van der Waals surface area contributed by atoms with Crippen molar-refractivity contribution < 1.29 is 14.3 Å². The van der Waals surface area contributed by atoms with Gasteiger partial charge in [0.25, 0.3) is 5.91 Å². The van der Waals surface area contributed by atoms with Crippen LogP contribution in [0.3, 0.4) is 0 Å². The molecule has 0 spiro atoms. The third kappa shape index (κ3) is 4.13. The number of carbonyl (C=O) groups excluding carboxylic acids is 1. The van der Waals surface area contributed by atoms with E-state index in [1.165, 1.54) is 7.11 Å². The molecule has 0 heterocycles. The average Bonchev–Trinajstić information content (AvgIpc) is 2.48. The van der Waals surface area contributed by atoms with Crippen molar-refractivity contribution in [1.82, 2.24) is 0 Å². The predicted octanol–water partition coefficient (Wildman–Crippen LogP) is 3.75. The van der Waals surface area contributed by atoms with E-state index in [2.05, 4.69) is 5.32 Å². The summed E-state index contributed by atoms with van der Waals surface area (Å²) in [5, 5.41) is 3.27. The summed E-state index contributed by atoms with van der Waals surface area (Å²) in [6, 6.07) is 14.2. The molecule has 0 bridgehead atoms. The van der Waals surface area contributed by atoms with Gasteiger partial charge in [0.15, 0.2) is 6.10 Å². The highest BCUT2D eigenvalue weighted by Gasteiger charge is 2.16. The first-order chi connectivity index (χ1) is 10.1. The van der Waals surface area contributed by atoms with Crippen LogP contribution in [0, 0.1) is 0 Å². The van der Waals surface area contributed by atoms with Gasteiger partial charge in [-0.2, -0.15) is 0 Å². The lowest BCUT2D eigenvalue weighted by Crippen LogP contribution is -2.30. The minimum Gasteiger partial charge on any atom is -0.495 e. The fourth-order valence-electron chi connectivity index (χ4n) is 1.77. The van der Waals surface area contributed by atoms with E-state index in [1.807, 2.05) is 18.2 Å². The van der Waals surface area contributed by atoms with Crippen LogP contribution in [0.2, 0.25) is 5.02 Å². The number of carbonyl (C=O) groups is 1. The van der Waals surface area contributed by atoms with Gasteiger partial charge in [-0.25, -0.2) is 0 Å². The summed E-state index contributed by atoms with van der Waals surface area (Å²) in [6.07, 6.45) is -0.643. The lowest BCUT2D eigenvalue weighted by atomic mass is 10.2. The lowest BCUT2D eigenvalue weighted by Gasteiger charge is -2.16. The summed E-state index contributed by atoms with van der Waals surface area (Å²) >= 11 is 5.93. The van der Waals surface area contributed by atoms with E-state index in [0.717, 1.165) is 0 Å². The molecule has 21 heavy (non-hydrogen) atoms. The van der Waals surface area contributed by atoms with Gasteiger partial charge in [0.1, 0.15) is 11.5 Å². The number of anilines is 1. The Balaban J connectivity index is 2.05. The van der Waals surface area contributed by atoms with Gasteiger partial charge in [-0.05, 0) is 37.3 Å². The van der Waals surface area contributed by atoms with Gasteiger partial charge >= 0.3 is 0 Å². The maximum Gasteiger partial charge on any atom is 0.265 e. The van der Waals surface area contributed by atoms with Crippen molar-refractivity contribution in [2.75, 3.05) is 12.4 Å². The van der Waals surface area contributed by atoms with Crippen molar-refractivity contribution >= 4 is 23.2 Å². The number of ether oxygens (including phenoxy) is 2. The summed E-state index contributed by atoms with van der Waals surface area (Å²) in [4.78, 5) is 12.2. The molecule has 0 saturated heterocycles. The van der Waals surface area contributed by atoms with E-state index < -0.39 is 6.10 Å². The normalized spacial score (nSPS) is 11.6. The molecule has 0 aliphatic heterocycles. The maximum atomic E-state index is 12.2. The fourth-order valence-corrected chi connectivity index (χ4v) is 1.94. The first-order valence-electron chi connectivity index (χ1n) is 6.46. The topological polar surface area (TPSA) is 47.6 Å². The zero-order valence-electron chi connectivity index (χ0n) is 11.8. The monoisotopic (exact) mass is 305 g/mol. The number of methoxy groups -OCH3 is 1. The van der Waals surface area contributed by atoms with Gasteiger partial charge < -0.3 is 14.8 Å². The Labute approximate surface area is 128 Å². The van der Waals surface area contributed by atoms with Crippen molar-refractivity contribution in [3.8, 4) is 11.5 Å². The number of halogens is 1. The highest BCUT2D eigenvalue weighted by Crippen LogP contribution is 2.27. The minimum atomic E-state index is -0.643. The fraction of sp³-hybridized carbons (Fsp3) is 0.188. The molecular formula is C16H16ClNO3. The summed E-state index contributed by atoms with van der Waals surface area (Å²) in [7, 11) is 1.53. The van der Waals surface area contributed by atoms with Crippen LogP contribution in [0.25, 0.3) is 0 Å². The number of hydrogen-bond acceptors (Lipinski definition) is 3. The van der Waals surface area contributed by atoms with E-state index in [4.69, 9.17) is 21.1 Å². The predicted molar refractivity (Wildman–Crippen MR) is 83.2 cm³/mol. The number of para-hydroxylation sites is 1. The first-order valence-corrected chi connectivity index (χ1v) is 6.84. The summed E-state index contributed by atoms with van der Waals surface area (Å²) in [6.45, 7) is 1.68. The third-order valence-corrected chi connectivity index (χ3v) is 3.08. The number of hydrogen-bond donors (Lipinski definition) is 1. The van der Waals surface area contributed by atoms with Gasteiger partial charge in [-0.15, -0.1) is 0 Å². The Morgan fingerprint density at radius 3 is 2.57 bits per heavy atom. The number of amides is 1. The molecule has 0 radical (unpaired) electrons. The average molecular weight is 306 g/mol. The molecule has 110 valence electrons. The smallest absolute Gasteiger partial charge is 0.265 e. The second-order valence-corrected chi connectivity index (χ2v) is 4.84. The Morgan fingerprint density at radius 2 is 1.90 bits per heavy atom. The molecule has 1 N–H and O–H groups in total. The molecule has 0 unspecified atom stereocenters. The molecule has 2 aromatic carbocycles. The molecule has 4 nitrogen and oxygen atoms in total. The standard InChI is InChI=1S/C16H16ClNO3/c1-11(21-13-6-4-3-5-7-13)16(19)18-14-10-12(17)8-9-15(14)20-2/h3-11H,1-2H3,(H,18,19)/t11-/m1/s1. The van der Waals surface area contributed by atoms with Crippen LogP contribution >= 0.6 is 11.6 Å². The van der Waals surface area contributed by atoms with E-state index in [9.17, 15) is 4.79 Å². The van der Waals surface area contributed by atoms with Gasteiger partial charge in [-0.3, -0.25) is 4.79 Å². The van der Waals surface area contributed by atoms with E-state index in [1.54, 1.807) is 37.3 Å². The molecule has 1 atom stereocenters. The molecular weight excluding hydrogens is 290 g/mol. The number of nitrogens with one attached hydrogen (secondary N) is 1. The molecule has 1 amide bonds. The zero-order chi connectivity index (χ0) is 15.2. The van der Waals surface area contributed by atoms with Gasteiger partial charge in [0, 0.05) is 5.02 Å². The summed E-state index contributed by atoms with van der Waals surface area (Å²) in [5.74, 6) is 0.900. The highest BCUT2D eigenvalue weighted by atomic mass is 35.5. The lowest BCUT2D eigenvalue weighted by molar-refractivity contribution is -0.122. The molecule has 0 aliphatic carbocycles. The largest absolute Gasteiger partial charge is 0.495 e. The van der Waals surface area contributed by atoms with Gasteiger partial charge in [-0.1, -0.05) is 29.8 Å². The number of benzene rings is 2. The van der Waals surface area contributed by atoms with Crippen molar-refractivity contribution in [2.45, 2.75) is 13.0 Å². The highest BCUT2D eigenvalue weighted by molar-refractivity contribution is 6.31. The number of rotatable bonds is 5. The van der Waals surface area contributed by atoms with Crippen LogP contribution in [0.5, 0.6) is 11.5 Å². The minimum absolute atomic E-state index is 0.278. The summed E-state index contributed by atoms with van der Waals surface area (Å²) in [5.41, 5.74) is 0.513. The van der Waals surface area contributed by atoms with Crippen LogP contribution in [0.15, 0.2) is 48.5 Å². The second kappa shape index (κ2) is 6.99.